The minimum absolute atomic E-state index is 1.14. The normalized spacial score (nSPS) is 15.7. The summed E-state index contributed by atoms with van der Waals surface area (Å²) in [5.41, 5.74) is 0. The molecule has 0 aromatic heterocycles. The van der Waals surface area contributed by atoms with Crippen molar-refractivity contribution in [1.29, 1.82) is 0 Å². The maximum absolute atomic E-state index is 13.4. The molecule has 1 unspecified atom stereocenters. The highest BCUT2D eigenvalue weighted by atomic mass is 32.3. The van der Waals surface area contributed by atoms with Crippen LogP contribution in [-0.4, -0.2) is 59.4 Å². The predicted octanol–water partition coefficient (Wildman–Crippen LogP) is 1.84. The molecule has 0 fully saturated rings. The fourth-order valence-electron chi connectivity index (χ4n) is 1.37. The quantitative estimate of drug-likeness (QED) is 0.376. The van der Waals surface area contributed by atoms with E-state index in [2.05, 4.69) is 16.0 Å². The van der Waals surface area contributed by atoms with E-state index in [4.69, 9.17) is 5.11 Å². The van der Waals surface area contributed by atoms with Gasteiger partial charge in [0.2, 0.25) is 0 Å². The van der Waals surface area contributed by atoms with E-state index < -0.39 is 62.9 Å². The van der Waals surface area contributed by atoms with Crippen molar-refractivity contribution in [2.75, 3.05) is 13.2 Å². The lowest BCUT2D eigenvalue weighted by Gasteiger charge is -2.35. The third-order valence-electron chi connectivity index (χ3n) is 2.97. The second kappa shape index (κ2) is 8.38. The fourth-order valence-corrected chi connectivity index (χ4v) is 3.63. The molecule has 0 aliphatic heterocycles. The summed E-state index contributed by atoms with van der Waals surface area (Å²) in [6, 6.07) is 0. The summed E-state index contributed by atoms with van der Waals surface area (Å²) in [6.07, 6.45) is 0. The Morgan fingerprint density at radius 3 is 1.82 bits per heavy atom. The zero-order valence-corrected chi connectivity index (χ0v) is 16.0. The molecule has 0 aliphatic carbocycles. The summed E-state index contributed by atoms with van der Waals surface area (Å²) in [7, 11) is -8.13. The van der Waals surface area contributed by atoms with Gasteiger partial charge in [-0.1, -0.05) is 5.92 Å². The SMILES string of the molecule is CC#CC(C)(C)S(=O)NS(=O)(=O)OCC(F)(F)C(F)(F)C(F)(F)C(F)(F)CO. The highest BCUT2D eigenvalue weighted by molar-refractivity contribution is 8.00. The van der Waals surface area contributed by atoms with Crippen molar-refractivity contribution in [2.24, 2.45) is 0 Å². The molecule has 1 atom stereocenters. The lowest BCUT2D eigenvalue weighted by atomic mass is 9.99. The van der Waals surface area contributed by atoms with Crippen LogP contribution in [0.15, 0.2) is 0 Å². The summed E-state index contributed by atoms with van der Waals surface area (Å²) in [6.45, 7) is -2.32. The molecule has 0 rings (SSSR count). The molecule has 2 N–H and O–H groups in total. The van der Waals surface area contributed by atoms with E-state index in [1.165, 1.54) is 6.92 Å². The standard InChI is InChI=1S/C12H15F8NO5S2/c1-4-5-8(2,3)27(23)21-28(24,25)26-7-10(15,16)12(19,20)11(17,18)9(13,14)6-22/h21-22H,6-7H2,1-3H3. The molecular formula is C12H15F8NO5S2. The van der Waals surface area contributed by atoms with Gasteiger partial charge in [0.1, 0.15) is 28.9 Å². The van der Waals surface area contributed by atoms with Crippen LogP contribution in [0.2, 0.25) is 0 Å². The Balaban J connectivity index is 5.51. The monoisotopic (exact) mass is 469 g/mol. The van der Waals surface area contributed by atoms with Crippen LogP contribution < -0.4 is 4.13 Å². The van der Waals surface area contributed by atoms with Gasteiger partial charge in [-0.3, -0.25) is 4.18 Å². The summed E-state index contributed by atoms with van der Waals surface area (Å²) < 4.78 is 143. The largest absolute Gasteiger partial charge is 0.390 e. The number of nitrogens with one attached hydrogen (secondary N) is 1. The minimum Gasteiger partial charge on any atom is -0.390 e. The van der Waals surface area contributed by atoms with Crippen LogP contribution in [0.5, 0.6) is 0 Å². The summed E-state index contributed by atoms with van der Waals surface area (Å²) >= 11 is 0. The van der Waals surface area contributed by atoms with E-state index in [9.17, 15) is 47.8 Å². The van der Waals surface area contributed by atoms with Gasteiger partial charge in [-0.15, -0.1) is 10.0 Å². The van der Waals surface area contributed by atoms with Crippen molar-refractivity contribution in [3.05, 3.63) is 0 Å². The van der Waals surface area contributed by atoms with Crippen LogP contribution in [0.1, 0.15) is 20.8 Å². The van der Waals surface area contributed by atoms with Gasteiger partial charge in [-0.05, 0) is 20.8 Å². The molecule has 16 heteroatoms. The summed E-state index contributed by atoms with van der Waals surface area (Å²) in [5, 5.41) is 8.05. The van der Waals surface area contributed by atoms with E-state index in [1.807, 2.05) is 0 Å². The van der Waals surface area contributed by atoms with Gasteiger partial charge in [0.15, 0.2) is 0 Å². The highest BCUT2D eigenvalue weighted by Crippen LogP contribution is 2.52. The average Bonchev–Trinajstić information content (AvgIpc) is 2.52. The lowest BCUT2D eigenvalue weighted by molar-refractivity contribution is -0.372. The number of hydrogen-bond acceptors (Lipinski definition) is 5. The van der Waals surface area contributed by atoms with Crippen LogP contribution in [0.25, 0.3) is 0 Å². The Kier molecular flexibility index (Phi) is 8.08. The molecule has 0 amide bonds. The number of aliphatic hydroxyl groups excluding tert-OH is 1. The fraction of sp³-hybridized carbons (Fsp3) is 0.833. The molecule has 28 heavy (non-hydrogen) atoms. The zero-order valence-electron chi connectivity index (χ0n) is 14.3. The second-order valence-electron chi connectivity index (χ2n) is 5.67. The molecule has 0 aromatic carbocycles. The Bertz CT molecular complexity index is 758. The van der Waals surface area contributed by atoms with Gasteiger partial charge >= 0.3 is 34.0 Å². The number of rotatable bonds is 10. The number of alkyl halides is 8. The van der Waals surface area contributed by atoms with Crippen LogP contribution in [0, 0.1) is 11.8 Å². The van der Waals surface area contributed by atoms with Gasteiger partial charge in [-0.25, -0.2) is 4.21 Å². The van der Waals surface area contributed by atoms with Crippen molar-refractivity contribution < 1.29 is 57.0 Å². The van der Waals surface area contributed by atoms with E-state index >= 15 is 0 Å². The molecule has 6 nitrogen and oxygen atoms in total. The smallest absolute Gasteiger partial charge is 0.380 e. The molecule has 0 spiro atoms. The second-order valence-corrected chi connectivity index (χ2v) is 9.04. The Hall–Kier alpha value is -1.02. The third kappa shape index (κ3) is 5.53. The van der Waals surface area contributed by atoms with Crippen molar-refractivity contribution in [2.45, 2.75) is 49.2 Å². The van der Waals surface area contributed by atoms with Crippen LogP contribution in [0.3, 0.4) is 0 Å². The topological polar surface area (TPSA) is 92.7 Å². The van der Waals surface area contributed by atoms with Gasteiger partial charge < -0.3 is 5.11 Å². The molecule has 0 radical (unpaired) electrons. The summed E-state index contributed by atoms with van der Waals surface area (Å²) in [5.74, 6) is -21.1. The van der Waals surface area contributed by atoms with Crippen molar-refractivity contribution >= 4 is 21.3 Å². The Morgan fingerprint density at radius 1 is 1.00 bits per heavy atom. The number of aliphatic hydroxyl groups is 1. The zero-order chi connectivity index (χ0) is 22.8. The highest BCUT2D eigenvalue weighted by Gasteiger charge is 2.80. The lowest BCUT2D eigenvalue weighted by Crippen LogP contribution is -2.64. The first kappa shape index (κ1) is 27.0. The van der Waals surface area contributed by atoms with E-state index in [0.29, 0.717) is 0 Å². The average molecular weight is 469 g/mol. The van der Waals surface area contributed by atoms with Gasteiger partial charge in [0, 0.05) is 0 Å². The summed E-state index contributed by atoms with van der Waals surface area (Å²) in [4.78, 5) is 0. The first-order valence-electron chi connectivity index (χ1n) is 6.85. The molecule has 0 heterocycles. The maximum atomic E-state index is 13.4. The molecule has 0 saturated heterocycles. The van der Waals surface area contributed by atoms with Crippen molar-refractivity contribution in [3.8, 4) is 11.8 Å². The van der Waals surface area contributed by atoms with Crippen LogP contribution in [0.4, 0.5) is 35.1 Å². The van der Waals surface area contributed by atoms with Crippen molar-refractivity contribution in [3.63, 3.8) is 0 Å². The van der Waals surface area contributed by atoms with Gasteiger partial charge in [0.25, 0.3) is 0 Å². The van der Waals surface area contributed by atoms with Crippen LogP contribution >= 0.6 is 0 Å². The Labute approximate surface area is 157 Å². The van der Waals surface area contributed by atoms with Crippen LogP contribution in [-0.2, 0) is 25.5 Å². The molecule has 0 saturated carbocycles. The molecule has 0 aliphatic rings. The predicted molar refractivity (Wildman–Crippen MR) is 80.6 cm³/mol. The molecule has 166 valence electrons. The van der Waals surface area contributed by atoms with Gasteiger partial charge in [-0.2, -0.15) is 43.5 Å². The van der Waals surface area contributed by atoms with Gasteiger partial charge in [0.05, 0.1) is 0 Å². The molecular weight excluding hydrogens is 454 g/mol. The first-order chi connectivity index (χ1) is 12.2. The molecule has 0 bridgehead atoms. The third-order valence-corrected chi connectivity index (χ3v) is 5.85. The maximum Gasteiger partial charge on any atom is 0.380 e. The number of hydrogen-bond donors (Lipinski definition) is 2. The Morgan fingerprint density at radius 2 is 1.43 bits per heavy atom. The molecule has 0 aromatic rings. The first-order valence-corrected chi connectivity index (χ1v) is 9.41. The minimum atomic E-state index is -6.83. The van der Waals surface area contributed by atoms with Crippen molar-refractivity contribution in [1.82, 2.24) is 4.13 Å². The van der Waals surface area contributed by atoms with E-state index in [1.54, 1.807) is 0 Å². The number of halogens is 8. The van der Waals surface area contributed by atoms with E-state index in [-0.39, 0.29) is 0 Å². The van der Waals surface area contributed by atoms with E-state index in [0.717, 1.165) is 18.0 Å².